The molecule has 158 valence electrons. The molecule has 0 fully saturated rings. The van der Waals surface area contributed by atoms with Gasteiger partial charge >= 0.3 is 12.1 Å². The molecule has 0 bridgehead atoms. The number of halogens is 5. The number of carbonyl (C=O) groups is 1. The van der Waals surface area contributed by atoms with Gasteiger partial charge in [-0.3, -0.25) is 0 Å². The number of benzene rings is 1. The van der Waals surface area contributed by atoms with E-state index in [2.05, 4.69) is 15.3 Å². The molecule has 0 amide bonds. The van der Waals surface area contributed by atoms with Gasteiger partial charge in [0, 0.05) is 17.8 Å². The van der Waals surface area contributed by atoms with Crippen LogP contribution in [0.15, 0.2) is 30.5 Å². The van der Waals surface area contributed by atoms with Crippen LogP contribution in [0, 0.1) is 11.6 Å². The van der Waals surface area contributed by atoms with Gasteiger partial charge in [-0.15, -0.1) is 0 Å². The minimum absolute atomic E-state index is 0.101. The van der Waals surface area contributed by atoms with Gasteiger partial charge in [-0.25, -0.2) is 23.5 Å². The SMILES string of the molecule is CC(C)c1nc(Nc2ncc(C(F)(F)F)cc2C(=O)O)sc1-c1ccc(F)cc1F. The first-order valence-corrected chi connectivity index (χ1v) is 9.32. The largest absolute Gasteiger partial charge is 0.478 e. The molecule has 2 aromatic heterocycles. The molecule has 0 aliphatic carbocycles. The molecular weight excluding hydrogens is 429 g/mol. The van der Waals surface area contributed by atoms with E-state index in [1.54, 1.807) is 13.8 Å². The Hall–Kier alpha value is -3.08. The van der Waals surface area contributed by atoms with Gasteiger partial charge in [-0.05, 0) is 24.1 Å². The molecule has 5 nitrogen and oxygen atoms in total. The van der Waals surface area contributed by atoms with Crippen molar-refractivity contribution in [1.29, 1.82) is 0 Å². The van der Waals surface area contributed by atoms with E-state index >= 15 is 0 Å². The minimum atomic E-state index is -4.75. The lowest BCUT2D eigenvalue weighted by Gasteiger charge is -2.10. The molecule has 0 radical (unpaired) electrons. The predicted molar refractivity (Wildman–Crippen MR) is 101 cm³/mol. The van der Waals surface area contributed by atoms with Crippen LogP contribution < -0.4 is 5.32 Å². The van der Waals surface area contributed by atoms with Crippen LogP contribution in [0.2, 0.25) is 0 Å². The molecule has 0 saturated carbocycles. The lowest BCUT2D eigenvalue weighted by atomic mass is 10.0. The summed E-state index contributed by atoms with van der Waals surface area (Å²) < 4.78 is 66.1. The molecule has 30 heavy (non-hydrogen) atoms. The van der Waals surface area contributed by atoms with Crippen LogP contribution in [0.4, 0.5) is 32.9 Å². The van der Waals surface area contributed by atoms with Gasteiger partial charge in [0.2, 0.25) is 0 Å². The summed E-state index contributed by atoms with van der Waals surface area (Å²) in [6, 6.07) is 3.55. The van der Waals surface area contributed by atoms with Gasteiger partial charge < -0.3 is 10.4 Å². The zero-order chi connectivity index (χ0) is 22.2. The maximum absolute atomic E-state index is 14.3. The van der Waals surface area contributed by atoms with Crippen molar-refractivity contribution in [2.75, 3.05) is 5.32 Å². The van der Waals surface area contributed by atoms with Crippen LogP contribution >= 0.6 is 11.3 Å². The third kappa shape index (κ3) is 4.40. The highest BCUT2D eigenvalue weighted by Gasteiger charge is 2.33. The lowest BCUT2D eigenvalue weighted by molar-refractivity contribution is -0.137. The molecule has 3 rings (SSSR count). The summed E-state index contributed by atoms with van der Waals surface area (Å²) in [7, 11) is 0. The van der Waals surface area contributed by atoms with Crippen molar-refractivity contribution in [3.63, 3.8) is 0 Å². The summed E-state index contributed by atoms with van der Waals surface area (Å²) in [5, 5.41) is 12.0. The third-order valence-corrected chi connectivity index (χ3v) is 5.07. The van der Waals surface area contributed by atoms with Crippen LogP contribution in [0.5, 0.6) is 0 Å². The summed E-state index contributed by atoms with van der Waals surface area (Å²) in [6.07, 6.45) is -4.25. The number of carboxylic acid groups (broad SMARTS) is 1. The van der Waals surface area contributed by atoms with E-state index < -0.39 is 34.9 Å². The van der Waals surface area contributed by atoms with Crippen molar-refractivity contribution in [3.8, 4) is 10.4 Å². The summed E-state index contributed by atoms with van der Waals surface area (Å²) >= 11 is 0.946. The molecule has 0 atom stereocenters. The molecule has 2 N–H and O–H groups in total. The van der Waals surface area contributed by atoms with Crippen molar-refractivity contribution < 1.29 is 31.9 Å². The second-order valence-corrected chi connectivity index (χ2v) is 7.56. The summed E-state index contributed by atoms with van der Waals surface area (Å²) in [5.74, 6) is -3.67. The number of nitrogens with zero attached hydrogens (tertiary/aromatic N) is 2. The summed E-state index contributed by atoms with van der Waals surface area (Å²) in [4.78, 5) is 19.7. The van der Waals surface area contributed by atoms with Gasteiger partial charge in [-0.2, -0.15) is 13.2 Å². The molecule has 2 heterocycles. The van der Waals surface area contributed by atoms with Crippen LogP contribution in [-0.2, 0) is 6.18 Å². The monoisotopic (exact) mass is 443 g/mol. The summed E-state index contributed by atoms with van der Waals surface area (Å²) in [6.45, 7) is 3.59. The molecule has 11 heteroatoms. The van der Waals surface area contributed by atoms with Crippen LogP contribution in [0.3, 0.4) is 0 Å². The number of carboxylic acids is 1. The van der Waals surface area contributed by atoms with E-state index in [1.807, 2.05) is 0 Å². The fraction of sp³-hybridized carbons (Fsp3) is 0.211. The molecule has 1 aromatic carbocycles. The third-order valence-electron chi connectivity index (χ3n) is 4.05. The number of aromatic carboxylic acids is 1. The predicted octanol–water partition coefficient (Wildman–Crippen LogP) is 6.07. The van der Waals surface area contributed by atoms with E-state index in [0.29, 0.717) is 22.8 Å². The van der Waals surface area contributed by atoms with Gasteiger partial charge in [-0.1, -0.05) is 25.2 Å². The van der Waals surface area contributed by atoms with Gasteiger partial charge in [0.05, 0.1) is 16.1 Å². The molecule has 0 aliphatic rings. The molecule has 0 unspecified atom stereocenters. The van der Waals surface area contributed by atoms with E-state index in [1.165, 1.54) is 6.07 Å². The maximum Gasteiger partial charge on any atom is 0.417 e. The van der Waals surface area contributed by atoms with E-state index in [0.717, 1.165) is 23.5 Å². The van der Waals surface area contributed by atoms with E-state index in [4.69, 9.17) is 0 Å². The smallest absolute Gasteiger partial charge is 0.417 e. The number of hydrogen-bond donors (Lipinski definition) is 2. The van der Waals surface area contributed by atoms with Crippen molar-refractivity contribution in [1.82, 2.24) is 9.97 Å². The Balaban J connectivity index is 2.05. The number of hydrogen-bond acceptors (Lipinski definition) is 5. The van der Waals surface area contributed by atoms with Gasteiger partial charge in [0.1, 0.15) is 23.0 Å². The number of thiazole rings is 1. The number of anilines is 2. The van der Waals surface area contributed by atoms with Crippen molar-refractivity contribution in [3.05, 3.63) is 58.9 Å². The second-order valence-electron chi connectivity index (χ2n) is 6.56. The molecular formula is C19H14F5N3O2S. The molecule has 0 aliphatic heterocycles. The Morgan fingerprint density at radius 1 is 1.20 bits per heavy atom. The van der Waals surface area contributed by atoms with Crippen LogP contribution in [0.25, 0.3) is 10.4 Å². The average molecular weight is 443 g/mol. The standard InChI is InChI=1S/C19H14F5N3O2S/c1-8(2)14-15(11-4-3-10(20)6-13(11)21)30-18(26-14)27-16-12(17(28)29)5-9(7-25-16)19(22,23)24/h3-8H,1-2H3,(H,28,29)(H,25,26,27). The Kier molecular flexibility index (Phi) is 5.75. The molecule has 0 saturated heterocycles. The second kappa shape index (κ2) is 7.98. The highest BCUT2D eigenvalue weighted by molar-refractivity contribution is 7.19. The zero-order valence-electron chi connectivity index (χ0n) is 15.5. The van der Waals surface area contributed by atoms with Crippen LogP contribution in [-0.4, -0.2) is 21.0 Å². The topological polar surface area (TPSA) is 75.1 Å². The average Bonchev–Trinajstić information content (AvgIpc) is 3.04. The highest BCUT2D eigenvalue weighted by atomic mass is 32.1. The normalized spacial score (nSPS) is 11.7. The quantitative estimate of drug-likeness (QED) is 0.469. The first kappa shape index (κ1) is 21.6. The number of aromatic nitrogens is 2. The Morgan fingerprint density at radius 3 is 2.47 bits per heavy atom. The van der Waals surface area contributed by atoms with Crippen molar-refractivity contribution in [2.45, 2.75) is 25.9 Å². The minimum Gasteiger partial charge on any atom is -0.478 e. The van der Waals surface area contributed by atoms with Crippen LogP contribution in [0.1, 0.15) is 41.4 Å². The van der Waals surface area contributed by atoms with E-state index in [-0.39, 0.29) is 22.4 Å². The first-order chi connectivity index (χ1) is 14.0. The highest BCUT2D eigenvalue weighted by Crippen LogP contribution is 2.39. The number of nitrogens with one attached hydrogen (secondary N) is 1. The number of rotatable bonds is 5. The fourth-order valence-electron chi connectivity index (χ4n) is 2.63. The fourth-order valence-corrected chi connectivity index (χ4v) is 3.77. The number of alkyl halides is 3. The van der Waals surface area contributed by atoms with E-state index in [9.17, 15) is 31.9 Å². The Labute approximate surface area is 171 Å². The van der Waals surface area contributed by atoms with Crippen molar-refractivity contribution in [2.24, 2.45) is 0 Å². The molecule has 0 spiro atoms. The molecule has 3 aromatic rings. The van der Waals surface area contributed by atoms with Gasteiger partial charge in [0.25, 0.3) is 0 Å². The summed E-state index contributed by atoms with van der Waals surface area (Å²) in [5.41, 5.74) is -1.34. The first-order valence-electron chi connectivity index (χ1n) is 8.51. The lowest BCUT2D eigenvalue weighted by Crippen LogP contribution is -2.11. The van der Waals surface area contributed by atoms with Crippen molar-refractivity contribution >= 4 is 28.3 Å². The maximum atomic E-state index is 14.3. The number of pyridine rings is 1. The van der Waals surface area contributed by atoms with Gasteiger partial charge in [0.15, 0.2) is 5.13 Å². The zero-order valence-corrected chi connectivity index (χ0v) is 16.3. The Morgan fingerprint density at radius 2 is 1.90 bits per heavy atom. The Bertz CT molecular complexity index is 1110.